The summed E-state index contributed by atoms with van der Waals surface area (Å²) in [5, 5.41) is 10.1. The molecule has 0 fully saturated rings. The Bertz CT molecular complexity index is 820. The number of carbonyl (C=O) groups is 2. The van der Waals surface area contributed by atoms with Crippen LogP contribution in [0.3, 0.4) is 0 Å². The summed E-state index contributed by atoms with van der Waals surface area (Å²) in [5.74, 6) is -0.0183. The molecule has 0 bridgehead atoms. The van der Waals surface area contributed by atoms with Gasteiger partial charge in [-0.25, -0.2) is 9.48 Å². The SMILES string of the molecule is Cc1cc(C)n(-c2ccc(CCNC(=O)CCCNC(=O)OC(C)(C)C)cc2)n1. The van der Waals surface area contributed by atoms with Crippen molar-refractivity contribution in [3.8, 4) is 5.69 Å². The minimum Gasteiger partial charge on any atom is -0.444 e. The number of rotatable bonds is 8. The van der Waals surface area contributed by atoms with Gasteiger partial charge in [0, 0.05) is 25.2 Å². The molecule has 29 heavy (non-hydrogen) atoms. The lowest BCUT2D eigenvalue weighted by Crippen LogP contribution is -2.33. The van der Waals surface area contributed by atoms with Crippen molar-refractivity contribution in [2.75, 3.05) is 13.1 Å². The smallest absolute Gasteiger partial charge is 0.407 e. The normalized spacial score (nSPS) is 11.2. The van der Waals surface area contributed by atoms with Crippen LogP contribution in [0.15, 0.2) is 30.3 Å². The molecule has 0 spiro atoms. The zero-order valence-corrected chi connectivity index (χ0v) is 18.0. The monoisotopic (exact) mass is 400 g/mol. The molecule has 0 radical (unpaired) electrons. The van der Waals surface area contributed by atoms with Crippen molar-refractivity contribution in [1.82, 2.24) is 20.4 Å². The molecule has 2 N–H and O–H groups in total. The molecule has 2 amide bonds. The second-order valence-corrected chi connectivity index (χ2v) is 8.14. The Hall–Kier alpha value is -2.83. The van der Waals surface area contributed by atoms with Crippen molar-refractivity contribution in [3.05, 3.63) is 47.3 Å². The molecular formula is C22H32N4O3. The van der Waals surface area contributed by atoms with Gasteiger partial charge in [-0.2, -0.15) is 5.10 Å². The number of nitrogens with zero attached hydrogens (tertiary/aromatic N) is 2. The third-order valence-electron chi connectivity index (χ3n) is 4.18. The Kier molecular flexibility index (Phi) is 7.82. The highest BCUT2D eigenvalue weighted by molar-refractivity contribution is 5.76. The summed E-state index contributed by atoms with van der Waals surface area (Å²) >= 11 is 0. The molecule has 7 heteroatoms. The van der Waals surface area contributed by atoms with E-state index in [2.05, 4.69) is 27.9 Å². The van der Waals surface area contributed by atoms with Crippen molar-refractivity contribution in [1.29, 1.82) is 0 Å². The van der Waals surface area contributed by atoms with Gasteiger partial charge < -0.3 is 15.4 Å². The van der Waals surface area contributed by atoms with Crippen molar-refractivity contribution in [2.24, 2.45) is 0 Å². The van der Waals surface area contributed by atoms with Crippen LogP contribution in [0.25, 0.3) is 5.69 Å². The number of benzene rings is 1. The summed E-state index contributed by atoms with van der Waals surface area (Å²) < 4.78 is 7.07. The molecule has 0 saturated carbocycles. The Morgan fingerprint density at radius 2 is 1.76 bits per heavy atom. The third-order valence-corrected chi connectivity index (χ3v) is 4.18. The molecule has 0 atom stereocenters. The quantitative estimate of drug-likeness (QED) is 0.665. The maximum Gasteiger partial charge on any atom is 0.407 e. The molecule has 0 saturated heterocycles. The molecule has 0 aliphatic heterocycles. The van der Waals surface area contributed by atoms with Gasteiger partial charge in [-0.05, 0) is 71.2 Å². The fourth-order valence-corrected chi connectivity index (χ4v) is 2.88. The van der Waals surface area contributed by atoms with E-state index >= 15 is 0 Å². The largest absolute Gasteiger partial charge is 0.444 e. The maximum absolute atomic E-state index is 11.9. The number of amides is 2. The summed E-state index contributed by atoms with van der Waals surface area (Å²) in [6, 6.07) is 10.2. The van der Waals surface area contributed by atoms with Crippen LogP contribution in [-0.2, 0) is 16.0 Å². The lowest BCUT2D eigenvalue weighted by Gasteiger charge is -2.19. The zero-order valence-electron chi connectivity index (χ0n) is 18.0. The highest BCUT2D eigenvalue weighted by Crippen LogP contribution is 2.13. The van der Waals surface area contributed by atoms with Crippen molar-refractivity contribution in [3.63, 3.8) is 0 Å². The van der Waals surface area contributed by atoms with E-state index in [1.54, 1.807) is 0 Å². The third kappa shape index (κ3) is 7.97. The van der Waals surface area contributed by atoms with Gasteiger partial charge in [-0.1, -0.05) is 12.1 Å². The zero-order chi connectivity index (χ0) is 21.4. The van der Waals surface area contributed by atoms with Crippen molar-refractivity contribution in [2.45, 2.75) is 59.5 Å². The van der Waals surface area contributed by atoms with E-state index in [9.17, 15) is 9.59 Å². The standard InChI is InChI=1S/C22H32N4O3/c1-16-15-17(2)26(25-16)19-10-8-18(9-11-19)12-14-23-20(27)7-6-13-24-21(28)29-22(3,4)5/h8-11,15H,6-7,12-14H2,1-5H3,(H,23,27)(H,24,28). The van der Waals surface area contributed by atoms with Gasteiger partial charge in [-0.15, -0.1) is 0 Å². The number of alkyl carbamates (subject to hydrolysis) is 1. The second kappa shape index (κ2) is 10.1. The molecule has 2 rings (SSSR count). The van der Waals surface area contributed by atoms with Crippen LogP contribution in [-0.4, -0.2) is 40.5 Å². The number of nitrogens with one attached hydrogen (secondary N) is 2. The number of aromatic nitrogens is 2. The first-order chi connectivity index (χ1) is 13.6. The summed E-state index contributed by atoms with van der Waals surface area (Å²) in [4.78, 5) is 23.4. The highest BCUT2D eigenvalue weighted by atomic mass is 16.6. The topological polar surface area (TPSA) is 85.2 Å². The van der Waals surface area contributed by atoms with Gasteiger partial charge in [0.05, 0.1) is 11.4 Å². The van der Waals surface area contributed by atoms with E-state index in [1.807, 2.05) is 57.5 Å². The summed E-state index contributed by atoms with van der Waals surface area (Å²) in [7, 11) is 0. The molecule has 1 aromatic heterocycles. The first-order valence-corrected chi connectivity index (χ1v) is 10.0. The average Bonchev–Trinajstić information content (AvgIpc) is 2.96. The van der Waals surface area contributed by atoms with E-state index in [1.165, 1.54) is 0 Å². The number of aryl methyl sites for hydroxylation is 2. The fourth-order valence-electron chi connectivity index (χ4n) is 2.88. The molecule has 158 valence electrons. The van der Waals surface area contributed by atoms with Crippen molar-refractivity contribution < 1.29 is 14.3 Å². The molecule has 2 aromatic rings. The summed E-state index contributed by atoms with van der Waals surface area (Å²) in [6.45, 7) is 10.4. The number of ether oxygens (including phenoxy) is 1. The van der Waals surface area contributed by atoms with Gasteiger partial charge in [-0.3, -0.25) is 4.79 Å². The van der Waals surface area contributed by atoms with Gasteiger partial charge in [0.15, 0.2) is 0 Å². The highest BCUT2D eigenvalue weighted by Gasteiger charge is 2.15. The van der Waals surface area contributed by atoms with E-state index in [-0.39, 0.29) is 5.91 Å². The molecule has 1 heterocycles. The second-order valence-electron chi connectivity index (χ2n) is 8.14. The minimum atomic E-state index is -0.518. The molecule has 0 unspecified atom stereocenters. The first kappa shape index (κ1) is 22.5. The van der Waals surface area contributed by atoms with Crippen LogP contribution in [0.2, 0.25) is 0 Å². The van der Waals surface area contributed by atoms with E-state index in [0.717, 1.165) is 29.1 Å². The predicted octanol–water partition coefficient (Wildman–Crippen LogP) is 3.45. The van der Waals surface area contributed by atoms with E-state index in [4.69, 9.17) is 4.74 Å². The Morgan fingerprint density at radius 3 is 2.34 bits per heavy atom. The Morgan fingerprint density at radius 1 is 1.07 bits per heavy atom. The fraction of sp³-hybridized carbons (Fsp3) is 0.500. The van der Waals surface area contributed by atoms with Gasteiger partial charge >= 0.3 is 6.09 Å². The Labute approximate surface area is 172 Å². The van der Waals surface area contributed by atoms with E-state index in [0.29, 0.717) is 25.9 Å². The van der Waals surface area contributed by atoms with Crippen LogP contribution in [0.5, 0.6) is 0 Å². The van der Waals surface area contributed by atoms with Crippen molar-refractivity contribution >= 4 is 12.0 Å². The lowest BCUT2D eigenvalue weighted by atomic mass is 10.1. The molecule has 0 aliphatic rings. The van der Waals surface area contributed by atoms with Crippen LogP contribution < -0.4 is 10.6 Å². The molecule has 1 aromatic carbocycles. The molecule has 7 nitrogen and oxygen atoms in total. The number of hydrogen-bond acceptors (Lipinski definition) is 4. The van der Waals surface area contributed by atoms with Gasteiger partial charge in [0.25, 0.3) is 0 Å². The maximum atomic E-state index is 11.9. The average molecular weight is 401 g/mol. The minimum absolute atomic E-state index is 0.0183. The van der Waals surface area contributed by atoms with Gasteiger partial charge in [0.1, 0.15) is 5.60 Å². The Balaban J connectivity index is 1.65. The van der Waals surface area contributed by atoms with Crippen LogP contribution >= 0.6 is 0 Å². The van der Waals surface area contributed by atoms with Crippen LogP contribution in [0.1, 0.15) is 50.6 Å². The molecular weight excluding hydrogens is 368 g/mol. The van der Waals surface area contributed by atoms with E-state index < -0.39 is 11.7 Å². The summed E-state index contributed by atoms with van der Waals surface area (Å²) in [5.41, 5.74) is 3.76. The first-order valence-electron chi connectivity index (χ1n) is 10.0. The lowest BCUT2D eigenvalue weighted by molar-refractivity contribution is -0.121. The number of carbonyl (C=O) groups excluding carboxylic acids is 2. The van der Waals surface area contributed by atoms with Crippen LogP contribution in [0.4, 0.5) is 4.79 Å². The molecule has 0 aliphatic carbocycles. The summed E-state index contributed by atoms with van der Waals surface area (Å²) in [6.07, 6.45) is 1.25. The van der Waals surface area contributed by atoms with Gasteiger partial charge in [0.2, 0.25) is 5.91 Å². The predicted molar refractivity (Wildman–Crippen MR) is 113 cm³/mol. The van der Waals surface area contributed by atoms with Crippen LogP contribution in [0, 0.1) is 13.8 Å². The number of hydrogen-bond donors (Lipinski definition) is 2.